The number of hydrogen-bond donors (Lipinski definition) is 10. The van der Waals surface area contributed by atoms with Crippen LogP contribution in [0.3, 0.4) is 0 Å². The monoisotopic (exact) mass is 548 g/mol. The summed E-state index contributed by atoms with van der Waals surface area (Å²) in [6.07, 6.45) is -13.0. The Bertz CT molecular complexity index is 1230. The van der Waals surface area contributed by atoms with Gasteiger partial charge in [-0.25, -0.2) is 0 Å². The van der Waals surface area contributed by atoms with Crippen LogP contribution in [0, 0.1) is 0 Å². The highest BCUT2D eigenvalue weighted by Crippen LogP contribution is 2.28. The zero-order valence-electron chi connectivity index (χ0n) is 21.1. The van der Waals surface area contributed by atoms with Gasteiger partial charge in [0, 0.05) is 34.3 Å². The van der Waals surface area contributed by atoms with Crippen LogP contribution < -0.4 is 15.2 Å². The van der Waals surface area contributed by atoms with Gasteiger partial charge in [-0.15, -0.1) is 0 Å². The summed E-state index contributed by atoms with van der Waals surface area (Å²) in [4.78, 5) is 0. The van der Waals surface area contributed by atoms with Gasteiger partial charge in [0.05, 0.1) is 13.2 Å². The van der Waals surface area contributed by atoms with Crippen molar-refractivity contribution in [3.8, 4) is 0 Å². The lowest BCUT2D eigenvalue weighted by Gasteiger charge is -2.40. The molecular formula is C26H34N3O10+. The van der Waals surface area contributed by atoms with E-state index in [0.717, 1.165) is 21.8 Å². The minimum Gasteiger partial charge on any atom is -0.394 e. The maximum Gasteiger partial charge on any atom is 0.214 e. The van der Waals surface area contributed by atoms with Crippen LogP contribution >= 0.6 is 0 Å². The average molecular weight is 549 g/mol. The second-order valence-electron chi connectivity index (χ2n) is 10.0. The van der Waals surface area contributed by atoms with E-state index in [-0.39, 0.29) is 0 Å². The van der Waals surface area contributed by atoms with Gasteiger partial charge in [0.2, 0.25) is 11.0 Å². The molecule has 0 spiro atoms. The third kappa shape index (κ3) is 5.14. The topological polar surface area (TPSA) is 208 Å². The van der Waals surface area contributed by atoms with E-state index in [4.69, 9.17) is 9.47 Å². The fourth-order valence-corrected chi connectivity index (χ4v) is 5.16. The molecule has 0 aliphatic carbocycles. The molecule has 2 aliphatic heterocycles. The van der Waals surface area contributed by atoms with E-state index < -0.39 is 74.5 Å². The van der Waals surface area contributed by atoms with Crippen molar-refractivity contribution in [3.63, 3.8) is 0 Å². The number of hydrogen-bond acceptors (Lipinski definition) is 12. The summed E-state index contributed by atoms with van der Waals surface area (Å²) in [6.45, 7) is -1.05. The average Bonchev–Trinajstić information content (AvgIpc) is 2.94. The molecule has 0 bridgehead atoms. The standard InChI is InChI=1S/C26H33N3O10/c1-29-15-7-13(27-25-23(36)21(34)19(32)17(9-30)38-25)4-2-11(15)6-12-3-5-14(8-16(12)29)28-26-24(37)22(35)20(33)18(10-31)39-26/h2-8,17-26,30-37H,9-10H2,1H3,(H,27,28)/p+1/t17-,18-,19-,20-,21+,22+,23-,24-,25-,26-/m1/s1. The van der Waals surface area contributed by atoms with Crippen molar-refractivity contribution in [1.29, 1.82) is 0 Å². The summed E-state index contributed by atoms with van der Waals surface area (Å²) in [5.41, 5.74) is 2.75. The number of aliphatic hydroxyl groups is 8. The molecule has 10 N–H and O–H groups in total. The molecule has 2 saturated heterocycles. The Morgan fingerprint density at radius 2 is 1.03 bits per heavy atom. The number of aryl methyl sites for hydroxylation is 1. The maximum absolute atomic E-state index is 10.4. The predicted octanol–water partition coefficient (Wildman–Crippen LogP) is -2.76. The molecule has 0 radical (unpaired) electrons. The lowest BCUT2D eigenvalue weighted by atomic mass is 9.98. The summed E-state index contributed by atoms with van der Waals surface area (Å²) in [5, 5.41) is 87.7. The second kappa shape index (κ2) is 11.1. The number of benzene rings is 2. The Morgan fingerprint density at radius 1 is 0.615 bits per heavy atom. The maximum atomic E-state index is 10.4. The Labute approximate surface area is 223 Å². The number of aliphatic hydroxyl groups excluding tert-OH is 8. The highest BCUT2D eigenvalue weighted by Gasteiger charge is 2.44. The highest BCUT2D eigenvalue weighted by molar-refractivity contribution is 5.91. The van der Waals surface area contributed by atoms with E-state index in [0.29, 0.717) is 11.4 Å². The first-order chi connectivity index (χ1) is 18.6. The minimum atomic E-state index is -1.50. The van der Waals surface area contributed by atoms with Gasteiger partial charge in [0.25, 0.3) is 0 Å². The van der Waals surface area contributed by atoms with E-state index in [2.05, 4.69) is 10.6 Å². The van der Waals surface area contributed by atoms with Gasteiger partial charge in [-0.3, -0.25) is 0 Å². The molecule has 10 atom stereocenters. The normalized spacial score (nSPS) is 35.3. The Balaban J connectivity index is 1.42. The number of nitrogens with one attached hydrogen (secondary N) is 2. The van der Waals surface area contributed by atoms with Gasteiger partial charge in [-0.1, -0.05) is 0 Å². The van der Waals surface area contributed by atoms with Crippen molar-refractivity contribution in [2.75, 3.05) is 23.8 Å². The SMILES string of the molecule is C[n+]1c2cc(N[C@@H]3O[C@H](CO)[C@@H](O)[C@H](O)[C@H]3O)ccc2cc2ccc(N[C@@H]3O[C@H](CO)[C@@H](O)[C@H](O)[C@H]3O)cc21. The molecule has 5 rings (SSSR count). The van der Waals surface area contributed by atoms with E-state index in [9.17, 15) is 40.9 Å². The molecule has 0 unspecified atom stereocenters. The first kappa shape index (κ1) is 27.9. The summed E-state index contributed by atoms with van der Waals surface area (Å²) >= 11 is 0. The number of aromatic nitrogens is 1. The van der Waals surface area contributed by atoms with Crippen molar-refractivity contribution in [1.82, 2.24) is 0 Å². The first-order valence-electron chi connectivity index (χ1n) is 12.6. The van der Waals surface area contributed by atoms with E-state index in [1.807, 2.05) is 41.9 Å². The molecule has 2 fully saturated rings. The largest absolute Gasteiger partial charge is 0.394 e. The molecule has 39 heavy (non-hydrogen) atoms. The van der Waals surface area contributed by atoms with Crippen LogP contribution in [-0.2, 0) is 16.5 Å². The van der Waals surface area contributed by atoms with Crippen LogP contribution in [-0.4, -0.2) is 115 Å². The zero-order valence-corrected chi connectivity index (χ0v) is 21.1. The number of nitrogens with zero attached hydrogens (tertiary/aromatic N) is 1. The first-order valence-corrected chi connectivity index (χ1v) is 12.6. The lowest BCUT2D eigenvalue weighted by Crippen LogP contribution is -2.60. The Hall–Kier alpha value is -2.69. The highest BCUT2D eigenvalue weighted by atomic mass is 16.6. The number of rotatable bonds is 6. The molecule has 2 aromatic carbocycles. The Morgan fingerprint density at radius 3 is 1.41 bits per heavy atom. The van der Waals surface area contributed by atoms with Crippen LogP contribution in [0.1, 0.15) is 0 Å². The Kier molecular flexibility index (Phi) is 7.90. The van der Waals surface area contributed by atoms with Crippen LogP contribution in [0.4, 0.5) is 11.4 Å². The second-order valence-corrected chi connectivity index (χ2v) is 10.0. The van der Waals surface area contributed by atoms with Crippen molar-refractivity contribution in [3.05, 3.63) is 42.5 Å². The van der Waals surface area contributed by atoms with Crippen LogP contribution in [0.15, 0.2) is 42.5 Å². The molecule has 3 heterocycles. The summed E-state index contributed by atoms with van der Waals surface area (Å²) in [6, 6.07) is 13.0. The molecular weight excluding hydrogens is 514 g/mol. The van der Waals surface area contributed by atoms with Crippen molar-refractivity contribution >= 4 is 33.2 Å². The molecule has 212 valence electrons. The molecule has 0 amide bonds. The van der Waals surface area contributed by atoms with E-state index in [1.165, 1.54) is 0 Å². The van der Waals surface area contributed by atoms with Crippen LogP contribution in [0.5, 0.6) is 0 Å². The summed E-state index contributed by atoms with van der Waals surface area (Å²) in [5.74, 6) is 0. The molecule has 2 aliphatic rings. The van der Waals surface area contributed by atoms with Gasteiger partial charge >= 0.3 is 0 Å². The van der Waals surface area contributed by atoms with Gasteiger partial charge in [0.15, 0.2) is 12.5 Å². The van der Waals surface area contributed by atoms with Gasteiger partial charge < -0.3 is 61.0 Å². The van der Waals surface area contributed by atoms with Crippen molar-refractivity contribution in [2.24, 2.45) is 7.05 Å². The van der Waals surface area contributed by atoms with Crippen molar-refractivity contribution in [2.45, 2.75) is 61.3 Å². The number of pyridine rings is 1. The molecule has 3 aromatic rings. The minimum absolute atomic E-state index is 0.526. The summed E-state index contributed by atoms with van der Waals surface area (Å²) < 4.78 is 13.0. The number of fused-ring (bicyclic) bond motifs is 2. The fourth-order valence-electron chi connectivity index (χ4n) is 5.16. The summed E-state index contributed by atoms with van der Waals surface area (Å²) in [7, 11) is 1.86. The molecule has 0 saturated carbocycles. The predicted molar refractivity (Wildman–Crippen MR) is 137 cm³/mol. The smallest absolute Gasteiger partial charge is 0.214 e. The lowest BCUT2D eigenvalue weighted by molar-refractivity contribution is -0.617. The van der Waals surface area contributed by atoms with Gasteiger partial charge in [-0.05, 0) is 30.3 Å². The van der Waals surface area contributed by atoms with E-state index >= 15 is 0 Å². The van der Waals surface area contributed by atoms with Gasteiger partial charge in [-0.2, -0.15) is 4.57 Å². The van der Waals surface area contributed by atoms with Gasteiger partial charge in [0.1, 0.15) is 55.9 Å². The molecule has 13 heteroatoms. The quantitative estimate of drug-likeness (QED) is 0.112. The van der Waals surface area contributed by atoms with Crippen LogP contribution in [0.25, 0.3) is 21.8 Å². The third-order valence-corrected chi connectivity index (χ3v) is 7.50. The number of ether oxygens (including phenoxy) is 2. The molecule has 1 aromatic heterocycles. The van der Waals surface area contributed by atoms with Crippen molar-refractivity contribution < 1.29 is 54.9 Å². The molecule has 13 nitrogen and oxygen atoms in total. The van der Waals surface area contributed by atoms with Crippen LogP contribution in [0.2, 0.25) is 0 Å². The fraction of sp³-hybridized carbons (Fsp3) is 0.500. The van der Waals surface area contributed by atoms with E-state index in [1.54, 1.807) is 12.1 Å². The number of anilines is 2. The third-order valence-electron chi connectivity index (χ3n) is 7.50. The zero-order chi connectivity index (χ0) is 28.0.